The van der Waals surface area contributed by atoms with E-state index >= 15 is 0 Å². The van der Waals surface area contributed by atoms with Crippen LogP contribution in [-0.4, -0.2) is 38.0 Å². The first-order chi connectivity index (χ1) is 14.9. The topological polar surface area (TPSA) is 50.7 Å². The van der Waals surface area contributed by atoms with Gasteiger partial charge in [-0.3, -0.25) is 0 Å². The molecule has 0 heterocycles. The lowest BCUT2D eigenvalue weighted by Gasteiger charge is -2.44. The number of methoxy groups -OCH3 is 2. The fourth-order valence-electron chi connectivity index (χ4n) is 5.03. The van der Waals surface area contributed by atoms with E-state index in [4.69, 9.17) is 9.47 Å². The molecule has 0 aromatic heterocycles. The van der Waals surface area contributed by atoms with Gasteiger partial charge < -0.3 is 19.9 Å². The molecular formula is C26H36FNO3. The Kier molecular flexibility index (Phi) is 7.95. The number of benzene rings is 2. The molecule has 0 fully saturated rings. The minimum Gasteiger partial charge on any atom is -0.493 e. The van der Waals surface area contributed by atoms with Gasteiger partial charge in [-0.1, -0.05) is 26.0 Å². The van der Waals surface area contributed by atoms with Gasteiger partial charge in [0.2, 0.25) is 0 Å². The molecule has 3 rings (SSSR count). The van der Waals surface area contributed by atoms with E-state index in [1.807, 2.05) is 18.2 Å². The molecule has 2 aromatic carbocycles. The highest BCUT2D eigenvalue weighted by Gasteiger charge is 2.42. The van der Waals surface area contributed by atoms with E-state index in [0.29, 0.717) is 18.8 Å². The molecule has 2 atom stereocenters. The van der Waals surface area contributed by atoms with E-state index in [2.05, 4.69) is 25.2 Å². The highest BCUT2D eigenvalue weighted by Crippen LogP contribution is 2.45. The van der Waals surface area contributed by atoms with Crippen molar-refractivity contribution in [3.63, 3.8) is 0 Å². The predicted molar refractivity (Wildman–Crippen MR) is 123 cm³/mol. The van der Waals surface area contributed by atoms with Gasteiger partial charge in [-0.2, -0.15) is 0 Å². The van der Waals surface area contributed by atoms with Gasteiger partial charge in [-0.05, 0) is 92.1 Å². The number of aliphatic hydroxyl groups is 1. The first kappa shape index (κ1) is 23.6. The highest BCUT2D eigenvalue weighted by molar-refractivity contribution is 5.43. The number of ether oxygens (including phenoxy) is 2. The van der Waals surface area contributed by atoms with Crippen LogP contribution in [0.4, 0.5) is 4.39 Å². The molecule has 0 radical (unpaired) electrons. The van der Waals surface area contributed by atoms with Crippen LogP contribution in [0.1, 0.15) is 55.7 Å². The Hall–Kier alpha value is -2.11. The lowest BCUT2D eigenvalue weighted by molar-refractivity contribution is -0.0241. The molecule has 170 valence electrons. The summed E-state index contributed by atoms with van der Waals surface area (Å²) in [5, 5.41) is 15.0. The van der Waals surface area contributed by atoms with Gasteiger partial charge in [0, 0.05) is 5.92 Å². The van der Waals surface area contributed by atoms with E-state index < -0.39 is 5.60 Å². The monoisotopic (exact) mass is 429 g/mol. The largest absolute Gasteiger partial charge is 0.493 e. The fourth-order valence-corrected chi connectivity index (χ4v) is 5.03. The fraction of sp³-hybridized carbons (Fsp3) is 0.538. The summed E-state index contributed by atoms with van der Waals surface area (Å²) in [6.07, 6.45) is 4.06. The van der Waals surface area contributed by atoms with Crippen molar-refractivity contribution in [2.24, 2.45) is 5.92 Å². The van der Waals surface area contributed by atoms with Crippen LogP contribution in [0.5, 0.6) is 11.5 Å². The third-order valence-corrected chi connectivity index (χ3v) is 6.51. The Bertz CT molecular complexity index is 870. The molecule has 5 heteroatoms. The maximum Gasteiger partial charge on any atom is 0.160 e. The van der Waals surface area contributed by atoms with E-state index in [9.17, 15) is 9.50 Å². The van der Waals surface area contributed by atoms with Crippen LogP contribution in [0.25, 0.3) is 0 Å². The van der Waals surface area contributed by atoms with Gasteiger partial charge in [-0.15, -0.1) is 0 Å². The predicted octanol–water partition coefficient (Wildman–Crippen LogP) is 4.87. The lowest BCUT2D eigenvalue weighted by Crippen LogP contribution is -2.45. The average molecular weight is 430 g/mol. The molecule has 1 aliphatic rings. The summed E-state index contributed by atoms with van der Waals surface area (Å²) in [5.41, 5.74) is 2.62. The van der Waals surface area contributed by atoms with Gasteiger partial charge in [0.1, 0.15) is 5.82 Å². The SMILES string of the molecule is COc1ccc(CCCNCC[C@]2(O)CCc3cc(F)ccc3[C@H]2C(C)C)cc1OC. The molecule has 0 saturated heterocycles. The molecule has 0 spiro atoms. The van der Waals surface area contributed by atoms with E-state index in [0.717, 1.165) is 55.0 Å². The number of nitrogens with one attached hydrogen (secondary N) is 1. The van der Waals surface area contributed by atoms with Gasteiger partial charge in [-0.25, -0.2) is 4.39 Å². The van der Waals surface area contributed by atoms with E-state index in [1.165, 1.54) is 11.6 Å². The van der Waals surface area contributed by atoms with Crippen LogP contribution in [0.2, 0.25) is 0 Å². The summed E-state index contributed by atoms with van der Waals surface area (Å²) in [6, 6.07) is 11.1. The maximum absolute atomic E-state index is 13.7. The second-order valence-electron chi connectivity index (χ2n) is 8.96. The molecule has 2 N–H and O–H groups in total. The molecule has 2 aromatic rings. The van der Waals surface area contributed by atoms with Crippen molar-refractivity contribution in [1.29, 1.82) is 0 Å². The first-order valence-electron chi connectivity index (χ1n) is 11.3. The van der Waals surface area contributed by atoms with Gasteiger partial charge >= 0.3 is 0 Å². The second-order valence-corrected chi connectivity index (χ2v) is 8.96. The van der Waals surface area contributed by atoms with Crippen molar-refractivity contribution in [1.82, 2.24) is 5.32 Å². The summed E-state index contributed by atoms with van der Waals surface area (Å²) in [7, 11) is 3.29. The first-order valence-corrected chi connectivity index (χ1v) is 11.3. The van der Waals surface area contributed by atoms with Crippen molar-refractivity contribution in [3.8, 4) is 11.5 Å². The van der Waals surface area contributed by atoms with Crippen molar-refractivity contribution >= 4 is 0 Å². The summed E-state index contributed by atoms with van der Waals surface area (Å²) in [6.45, 7) is 5.94. The quantitative estimate of drug-likeness (QED) is 0.529. The molecule has 0 amide bonds. The number of fused-ring (bicyclic) bond motifs is 1. The zero-order valence-corrected chi connectivity index (χ0v) is 19.2. The van der Waals surface area contributed by atoms with Crippen LogP contribution in [0, 0.1) is 11.7 Å². The number of hydrogen-bond acceptors (Lipinski definition) is 4. The second kappa shape index (κ2) is 10.5. The van der Waals surface area contributed by atoms with E-state index in [1.54, 1.807) is 20.3 Å². The van der Waals surface area contributed by atoms with Crippen molar-refractivity contribution in [3.05, 3.63) is 58.9 Å². The van der Waals surface area contributed by atoms with Gasteiger partial charge in [0.05, 0.1) is 19.8 Å². The number of rotatable bonds is 10. The van der Waals surface area contributed by atoms with Crippen molar-refractivity contribution in [2.75, 3.05) is 27.3 Å². The average Bonchev–Trinajstić information content (AvgIpc) is 2.75. The molecule has 0 bridgehead atoms. The summed E-state index contributed by atoms with van der Waals surface area (Å²) < 4.78 is 24.3. The highest BCUT2D eigenvalue weighted by atomic mass is 19.1. The van der Waals surface area contributed by atoms with Crippen LogP contribution in [0.3, 0.4) is 0 Å². The van der Waals surface area contributed by atoms with Gasteiger partial charge in [0.25, 0.3) is 0 Å². The Morgan fingerprint density at radius 3 is 2.58 bits per heavy atom. The van der Waals surface area contributed by atoms with Crippen molar-refractivity contribution < 1.29 is 19.0 Å². The smallest absolute Gasteiger partial charge is 0.160 e. The number of halogens is 1. The third-order valence-electron chi connectivity index (χ3n) is 6.51. The van der Waals surface area contributed by atoms with Crippen molar-refractivity contribution in [2.45, 2.75) is 57.5 Å². The van der Waals surface area contributed by atoms with Crippen LogP contribution in [-0.2, 0) is 12.8 Å². The Labute approximate surface area is 185 Å². The molecule has 1 aliphatic carbocycles. The molecule has 0 aliphatic heterocycles. The summed E-state index contributed by atoms with van der Waals surface area (Å²) in [4.78, 5) is 0. The number of aryl methyl sites for hydroxylation is 2. The normalized spacial score (nSPS) is 20.5. The Balaban J connectivity index is 1.50. The minimum absolute atomic E-state index is 0.0328. The lowest BCUT2D eigenvalue weighted by atomic mass is 9.66. The zero-order chi connectivity index (χ0) is 22.4. The molecule has 4 nitrogen and oxygen atoms in total. The summed E-state index contributed by atoms with van der Waals surface area (Å²) >= 11 is 0. The van der Waals surface area contributed by atoms with Crippen LogP contribution in [0.15, 0.2) is 36.4 Å². The number of hydrogen-bond donors (Lipinski definition) is 2. The van der Waals surface area contributed by atoms with E-state index in [-0.39, 0.29) is 11.7 Å². The Morgan fingerprint density at radius 1 is 1.10 bits per heavy atom. The summed E-state index contributed by atoms with van der Waals surface area (Å²) in [5.74, 6) is 1.63. The molecule has 31 heavy (non-hydrogen) atoms. The standard InChI is InChI=1S/C26H36FNO3/c1-18(2)25-22-9-8-21(27)17-20(22)11-12-26(25,29)13-15-28-14-5-6-19-7-10-23(30-3)24(16-19)31-4/h7-10,16-18,25,28-29H,5-6,11-15H2,1-4H3/t25-,26-/m1/s1. The molecular weight excluding hydrogens is 393 g/mol. The molecule has 0 unspecified atom stereocenters. The zero-order valence-electron chi connectivity index (χ0n) is 19.2. The Morgan fingerprint density at radius 2 is 1.87 bits per heavy atom. The van der Waals surface area contributed by atoms with Crippen LogP contribution < -0.4 is 14.8 Å². The third kappa shape index (κ3) is 5.58. The van der Waals surface area contributed by atoms with Gasteiger partial charge in [0.15, 0.2) is 11.5 Å². The minimum atomic E-state index is -0.755. The molecule has 0 saturated carbocycles. The maximum atomic E-state index is 13.7. The van der Waals surface area contributed by atoms with Crippen LogP contribution >= 0.6 is 0 Å².